The Hall–Kier alpha value is -2.69. The first kappa shape index (κ1) is 27.3. The van der Waals surface area contributed by atoms with Crippen LogP contribution in [0.4, 0.5) is 13.2 Å². The van der Waals surface area contributed by atoms with E-state index in [-0.39, 0.29) is 46.6 Å². The molecule has 1 N–H and O–H groups in total. The zero-order chi connectivity index (χ0) is 27.0. The number of piperidine rings is 1. The van der Waals surface area contributed by atoms with Crippen molar-refractivity contribution in [3.05, 3.63) is 90.2 Å². The van der Waals surface area contributed by atoms with Crippen LogP contribution in [-0.2, 0) is 4.79 Å². The highest BCUT2D eigenvalue weighted by Gasteiger charge is 2.49. The molecule has 0 atom stereocenters. The van der Waals surface area contributed by atoms with Gasteiger partial charge in [0.1, 0.15) is 40.6 Å². The summed E-state index contributed by atoms with van der Waals surface area (Å²) in [4.78, 5) is 16.2. The van der Waals surface area contributed by atoms with E-state index in [1.807, 2.05) is 0 Å². The molecule has 3 nitrogen and oxygen atoms in total. The molecule has 1 fully saturated rings. The summed E-state index contributed by atoms with van der Waals surface area (Å²) in [7, 11) is -0.618. The number of likely N-dealkylation sites (tertiary alicyclic amines) is 1. The zero-order valence-corrected chi connectivity index (χ0v) is 23.0. The fourth-order valence-corrected chi connectivity index (χ4v) is 9.71. The first-order valence-electron chi connectivity index (χ1n) is 12.5. The normalized spacial score (nSPS) is 17.9. The van der Waals surface area contributed by atoms with Gasteiger partial charge in [0.15, 0.2) is 6.16 Å². The van der Waals surface area contributed by atoms with Crippen LogP contribution >= 0.6 is 7.26 Å². The average Bonchev–Trinajstić information content (AvgIpc) is 2.82. The van der Waals surface area contributed by atoms with Crippen LogP contribution in [0.3, 0.4) is 0 Å². The molecule has 196 valence electrons. The standard InChI is InChI=1S/C30H34F3N2OP/c1-29(2)18-24(19-30(3,4)35(29)5)34-28(36)20-37(25-12-6-21(31)7-13-25,26-14-8-22(32)9-15-26)27-16-10-23(33)11-17-27/h6-17,24H,18-20H2,1-5H3/p+1. The molecule has 1 aliphatic rings. The molecule has 1 saturated heterocycles. The van der Waals surface area contributed by atoms with Crippen LogP contribution < -0.4 is 21.2 Å². The third kappa shape index (κ3) is 5.61. The lowest BCUT2D eigenvalue weighted by Crippen LogP contribution is -2.62. The van der Waals surface area contributed by atoms with Gasteiger partial charge in [-0.1, -0.05) is 0 Å². The lowest BCUT2D eigenvalue weighted by molar-refractivity contribution is -0.120. The van der Waals surface area contributed by atoms with Gasteiger partial charge < -0.3 is 5.32 Å². The Balaban J connectivity index is 1.79. The minimum Gasteiger partial charge on any atom is -0.350 e. The molecule has 1 amide bonds. The van der Waals surface area contributed by atoms with Gasteiger partial charge in [-0.05, 0) is 120 Å². The molecular weight excluding hydrogens is 492 g/mol. The highest BCUT2D eigenvalue weighted by atomic mass is 31.2. The molecule has 0 aliphatic carbocycles. The fourth-order valence-electron chi connectivity index (χ4n) is 5.77. The molecule has 0 spiro atoms. The van der Waals surface area contributed by atoms with Crippen molar-refractivity contribution in [3.8, 4) is 0 Å². The van der Waals surface area contributed by atoms with E-state index in [9.17, 15) is 18.0 Å². The second kappa shape index (κ2) is 10.2. The Morgan fingerprint density at radius 2 is 1.08 bits per heavy atom. The van der Waals surface area contributed by atoms with Crippen LogP contribution in [0.15, 0.2) is 72.8 Å². The number of carbonyl (C=O) groups excluding carboxylic acids is 1. The summed E-state index contributed by atoms with van der Waals surface area (Å²) in [5, 5.41) is 5.60. The molecule has 0 bridgehead atoms. The molecule has 1 aliphatic heterocycles. The number of benzene rings is 3. The molecule has 0 unspecified atom stereocenters. The summed E-state index contributed by atoms with van der Waals surface area (Å²) in [5.41, 5.74) is -0.201. The quantitative estimate of drug-likeness (QED) is 0.449. The second-order valence-electron chi connectivity index (χ2n) is 11.3. The Morgan fingerprint density at radius 3 is 1.41 bits per heavy atom. The molecule has 37 heavy (non-hydrogen) atoms. The van der Waals surface area contributed by atoms with Crippen molar-refractivity contribution in [2.75, 3.05) is 13.2 Å². The van der Waals surface area contributed by atoms with Crippen LogP contribution in [0.2, 0.25) is 0 Å². The van der Waals surface area contributed by atoms with Gasteiger partial charge in [-0.25, -0.2) is 13.2 Å². The Bertz CT molecular complexity index is 1110. The smallest absolute Gasteiger partial charge is 0.259 e. The maximum absolute atomic E-state index is 14.0. The van der Waals surface area contributed by atoms with E-state index < -0.39 is 7.26 Å². The first-order valence-corrected chi connectivity index (χ1v) is 14.5. The molecule has 3 aromatic rings. The molecule has 0 aromatic heterocycles. The van der Waals surface area contributed by atoms with Gasteiger partial charge in [0, 0.05) is 17.1 Å². The Kier molecular flexibility index (Phi) is 7.56. The largest absolute Gasteiger partial charge is 0.350 e. The summed E-state index contributed by atoms with van der Waals surface area (Å²) in [6, 6.07) is 18.3. The molecule has 3 aromatic carbocycles. The zero-order valence-electron chi connectivity index (χ0n) is 22.1. The van der Waals surface area contributed by atoms with Crippen molar-refractivity contribution >= 4 is 29.1 Å². The van der Waals surface area contributed by atoms with Gasteiger partial charge in [0.2, 0.25) is 0 Å². The summed E-state index contributed by atoms with van der Waals surface area (Å²) < 4.78 is 41.9. The van der Waals surface area contributed by atoms with E-state index in [0.717, 1.165) is 28.8 Å². The number of hydrogen-bond donors (Lipinski definition) is 1. The lowest BCUT2D eigenvalue weighted by atomic mass is 9.77. The number of hydrogen-bond acceptors (Lipinski definition) is 2. The number of rotatable bonds is 6. The van der Waals surface area contributed by atoms with Gasteiger partial charge in [0.05, 0.1) is 0 Å². The number of nitrogens with zero attached hydrogens (tertiary/aromatic N) is 1. The highest BCUT2D eigenvalue weighted by molar-refractivity contribution is 7.96. The Morgan fingerprint density at radius 1 is 0.757 bits per heavy atom. The summed E-state index contributed by atoms with van der Waals surface area (Å²) in [6.07, 6.45) is 1.70. The van der Waals surface area contributed by atoms with Crippen LogP contribution in [-0.4, -0.2) is 41.1 Å². The minimum atomic E-state index is -2.74. The summed E-state index contributed by atoms with van der Waals surface area (Å²) in [5.74, 6) is -1.30. The van der Waals surface area contributed by atoms with Gasteiger partial charge in [-0.2, -0.15) is 0 Å². The van der Waals surface area contributed by atoms with E-state index in [1.165, 1.54) is 36.4 Å². The van der Waals surface area contributed by atoms with Crippen LogP contribution in [0, 0.1) is 17.5 Å². The average molecular weight is 528 g/mol. The molecule has 4 rings (SSSR count). The monoisotopic (exact) mass is 527 g/mol. The van der Waals surface area contributed by atoms with Crippen LogP contribution in [0.1, 0.15) is 40.5 Å². The maximum Gasteiger partial charge on any atom is 0.259 e. The van der Waals surface area contributed by atoms with Gasteiger partial charge in [0.25, 0.3) is 5.91 Å². The van der Waals surface area contributed by atoms with Crippen LogP contribution in [0.5, 0.6) is 0 Å². The molecule has 0 saturated carbocycles. The first-order chi connectivity index (χ1) is 17.3. The predicted molar refractivity (Wildman–Crippen MR) is 147 cm³/mol. The number of halogens is 3. The third-order valence-corrected chi connectivity index (χ3v) is 12.2. The van der Waals surface area contributed by atoms with E-state index in [4.69, 9.17) is 0 Å². The summed E-state index contributed by atoms with van der Waals surface area (Å²) >= 11 is 0. The minimum absolute atomic E-state index is 0.0229. The van der Waals surface area contributed by atoms with E-state index in [0.29, 0.717) is 0 Å². The predicted octanol–water partition coefficient (Wildman–Crippen LogP) is 5.17. The fraction of sp³-hybridized carbons (Fsp3) is 0.367. The molecular formula is C30H35F3N2OP+. The maximum atomic E-state index is 14.0. The van der Waals surface area contributed by atoms with Crippen molar-refractivity contribution in [2.45, 2.75) is 57.7 Å². The molecule has 7 heteroatoms. The van der Waals surface area contributed by atoms with E-state index in [1.54, 1.807) is 36.4 Å². The van der Waals surface area contributed by atoms with Gasteiger partial charge in [-0.3, -0.25) is 9.69 Å². The van der Waals surface area contributed by atoms with Crippen molar-refractivity contribution in [1.29, 1.82) is 0 Å². The van der Waals surface area contributed by atoms with Crippen molar-refractivity contribution in [3.63, 3.8) is 0 Å². The van der Waals surface area contributed by atoms with Crippen molar-refractivity contribution in [2.24, 2.45) is 0 Å². The molecule has 0 radical (unpaired) electrons. The van der Waals surface area contributed by atoms with E-state index >= 15 is 0 Å². The highest BCUT2D eigenvalue weighted by Crippen LogP contribution is 2.55. The van der Waals surface area contributed by atoms with Crippen molar-refractivity contribution in [1.82, 2.24) is 10.2 Å². The van der Waals surface area contributed by atoms with Gasteiger partial charge >= 0.3 is 0 Å². The second-order valence-corrected chi connectivity index (χ2v) is 14.7. The third-order valence-electron chi connectivity index (χ3n) is 7.86. The molecule has 1 heterocycles. The summed E-state index contributed by atoms with van der Waals surface area (Å²) in [6.45, 7) is 8.72. The van der Waals surface area contributed by atoms with Gasteiger partial charge in [-0.15, -0.1) is 0 Å². The number of carbonyl (C=O) groups is 1. The number of nitrogens with one attached hydrogen (secondary N) is 1. The SMILES string of the molecule is CN1C(C)(C)CC(NC(=O)C[P+](c2ccc(F)cc2)(c2ccc(F)cc2)c2ccc(F)cc2)CC1(C)C. The Labute approximate surface area is 218 Å². The topological polar surface area (TPSA) is 32.3 Å². The van der Waals surface area contributed by atoms with Crippen molar-refractivity contribution < 1.29 is 18.0 Å². The lowest BCUT2D eigenvalue weighted by Gasteiger charge is -2.53. The van der Waals surface area contributed by atoms with Crippen LogP contribution in [0.25, 0.3) is 0 Å². The number of amides is 1. The van der Waals surface area contributed by atoms with E-state index in [2.05, 4.69) is 45.0 Å².